The highest BCUT2D eigenvalue weighted by atomic mass is 14.3. The maximum atomic E-state index is 8.79. The molecule has 0 aromatic carbocycles. The fourth-order valence-electron chi connectivity index (χ4n) is 1.66. The molecule has 1 aliphatic carbocycles. The average molecular weight is 149 g/mol. The van der Waals surface area contributed by atoms with Gasteiger partial charge in [-0.25, -0.2) is 0 Å². The maximum Gasteiger partial charge on any atom is 0.0661 e. The molecule has 0 heterocycles. The third-order valence-corrected chi connectivity index (χ3v) is 2.41. The summed E-state index contributed by atoms with van der Waals surface area (Å²) in [6.07, 6.45) is 9.11. The monoisotopic (exact) mass is 149 g/mol. The molecule has 1 heteroatoms. The minimum Gasteiger partial charge on any atom is -0.198 e. The van der Waals surface area contributed by atoms with E-state index >= 15 is 0 Å². The summed E-state index contributed by atoms with van der Waals surface area (Å²) in [6, 6.07) is 2.37. The normalized spacial score (nSPS) is 26.0. The Labute approximate surface area is 68.7 Å². The molecule has 0 unspecified atom stereocenters. The summed E-state index contributed by atoms with van der Waals surface area (Å²) in [7, 11) is 0. The van der Waals surface area contributed by atoms with Crippen LogP contribution in [0.4, 0.5) is 0 Å². The highest BCUT2D eigenvalue weighted by Crippen LogP contribution is 2.26. The number of hydrogen-bond donors (Lipinski definition) is 0. The van der Waals surface area contributed by atoms with Crippen LogP contribution in [0.3, 0.4) is 0 Å². The van der Waals surface area contributed by atoms with Crippen LogP contribution in [0, 0.1) is 23.2 Å². The lowest BCUT2D eigenvalue weighted by molar-refractivity contribution is 0.419. The van der Waals surface area contributed by atoms with Crippen LogP contribution in [0.1, 0.15) is 32.6 Å². The van der Waals surface area contributed by atoms with Crippen molar-refractivity contribution in [3.05, 3.63) is 12.2 Å². The van der Waals surface area contributed by atoms with E-state index in [1.165, 1.54) is 19.3 Å². The molecule has 0 saturated carbocycles. The van der Waals surface area contributed by atoms with Gasteiger partial charge in [0, 0.05) is 0 Å². The topological polar surface area (TPSA) is 23.8 Å². The van der Waals surface area contributed by atoms with E-state index in [4.69, 9.17) is 5.26 Å². The Hall–Kier alpha value is -0.770. The van der Waals surface area contributed by atoms with Gasteiger partial charge in [0.1, 0.15) is 0 Å². The van der Waals surface area contributed by atoms with Gasteiger partial charge in [-0.2, -0.15) is 5.26 Å². The van der Waals surface area contributed by atoms with Gasteiger partial charge in [-0.05, 0) is 31.6 Å². The first-order valence-electron chi connectivity index (χ1n) is 4.44. The second-order valence-corrected chi connectivity index (χ2v) is 3.17. The Balaban J connectivity index is 2.51. The van der Waals surface area contributed by atoms with E-state index in [-0.39, 0.29) is 5.92 Å². The quantitative estimate of drug-likeness (QED) is 0.554. The summed E-state index contributed by atoms with van der Waals surface area (Å²) >= 11 is 0. The predicted molar refractivity (Wildman–Crippen MR) is 45.9 cm³/mol. The van der Waals surface area contributed by atoms with Gasteiger partial charge in [0.25, 0.3) is 0 Å². The van der Waals surface area contributed by atoms with Gasteiger partial charge in [0.15, 0.2) is 0 Å². The molecule has 60 valence electrons. The molecule has 0 spiro atoms. The fraction of sp³-hybridized carbons (Fsp3) is 0.700. The highest BCUT2D eigenvalue weighted by Gasteiger charge is 2.17. The second kappa shape index (κ2) is 4.18. The van der Waals surface area contributed by atoms with E-state index in [9.17, 15) is 0 Å². The van der Waals surface area contributed by atoms with Crippen molar-refractivity contribution in [2.75, 3.05) is 0 Å². The summed E-state index contributed by atoms with van der Waals surface area (Å²) in [5.74, 6) is 0.797. The minimum atomic E-state index is 0.256. The smallest absolute Gasteiger partial charge is 0.0661 e. The van der Waals surface area contributed by atoms with Gasteiger partial charge in [-0.15, -0.1) is 0 Å². The second-order valence-electron chi connectivity index (χ2n) is 3.17. The van der Waals surface area contributed by atoms with Gasteiger partial charge in [0.2, 0.25) is 0 Å². The van der Waals surface area contributed by atoms with Crippen LogP contribution in [-0.4, -0.2) is 0 Å². The van der Waals surface area contributed by atoms with Crippen LogP contribution in [0.25, 0.3) is 0 Å². The van der Waals surface area contributed by atoms with Crippen molar-refractivity contribution in [2.24, 2.45) is 11.8 Å². The van der Waals surface area contributed by atoms with Gasteiger partial charge in [-0.1, -0.05) is 19.1 Å². The van der Waals surface area contributed by atoms with Crippen LogP contribution in [-0.2, 0) is 0 Å². The first-order chi connectivity index (χ1) is 5.38. The van der Waals surface area contributed by atoms with Crippen molar-refractivity contribution in [1.29, 1.82) is 5.26 Å². The van der Waals surface area contributed by atoms with Crippen molar-refractivity contribution in [2.45, 2.75) is 32.6 Å². The molecular weight excluding hydrogens is 134 g/mol. The van der Waals surface area contributed by atoms with Crippen LogP contribution < -0.4 is 0 Å². The third-order valence-electron chi connectivity index (χ3n) is 2.41. The zero-order valence-electron chi connectivity index (χ0n) is 7.09. The minimum absolute atomic E-state index is 0.256. The lowest BCUT2D eigenvalue weighted by Crippen LogP contribution is -2.11. The molecule has 0 saturated heterocycles. The van der Waals surface area contributed by atoms with E-state index in [2.05, 4.69) is 25.1 Å². The number of allylic oxidation sites excluding steroid dienone is 2. The van der Waals surface area contributed by atoms with E-state index in [0.717, 1.165) is 6.42 Å². The molecule has 0 aliphatic heterocycles. The molecule has 1 rings (SSSR count). The lowest BCUT2D eigenvalue weighted by atomic mass is 9.84. The number of rotatable bonds is 2. The van der Waals surface area contributed by atoms with Crippen LogP contribution >= 0.6 is 0 Å². The Morgan fingerprint density at radius 2 is 2.55 bits per heavy atom. The Morgan fingerprint density at radius 3 is 3.00 bits per heavy atom. The van der Waals surface area contributed by atoms with E-state index in [1.807, 2.05) is 0 Å². The molecule has 0 bridgehead atoms. The molecule has 0 fully saturated rings. The van der Waals surface area contributed by atoms with Gasteiger partial charge in [0.05, 0.1) is 12.0 Å². The number of hydrogen-bond acceptors (Lipinski definition) is 1. The van der Waals surface area contributed by atoms with Crippen molar-refractivity contribution in [1.82, 2.24) is 0 Å². The first kappa shape index (κ1) is 8.33. The van der Waals surface area contributed by atoms with Gasteiger partial charge >= 0.3 is 0 Å². The standard InChI is InChI=1S/C10H15N/c1-2-9(8-11)10-6-4-3-5-7-10/h4,6,9-10H,2-3,5,7H2,1H3/t9-,10-/m0/s1. The lowest BCUT2D eigenvalue weighted by Gasteiger charge is -2.19. The van der Waals surface area contributed by atoms with Crippen molar-refractivity contribution >= 4 is 0 Å². The summed E-state index contributed by atoms with van der Waals surface area (Å²) in [5, 5.41) is 8.79. The largest absolute Gasteiger partial charge is 0.198 e. The van der Waals surface area contributed by atoms with Crippen LogP contribution in [0.15, 0.2) is 12.2 Å². The molecule has 11 heavy (non-hydrogen) atoms. The van der Waals surface area contributed by atoms with Crippen molar-refractivity contribution in [3.8, 4) is 6.07 Å². The summed E-state index contributed by atoms with van der Waals surface area (Å²) in [4.78, 5) is 0. The van der Waals surface area contributed by atoms with E-state index in [0.29, 0.717) is 5.92 Å². The molecule has 0 radical (unpaired) electrons. The molecule has 0 N–H and O–H groups in total. The molecular formula is C10H15N. The maximum absolute atomic E-state index is 8.79. The van der Waals surface area contributed by atoms with Crippen LogP contribution in [0.5, 0.6) is 0 Å². The Bertz CT molecular complexity index is 176. The number of nitriles is 1. The zero-order chi connectivity index (χ0) is 8.10. The molecule has 0 amide bonds. The molecule has 1 aliphatic rings. The average Bonchev–Trinajstić information content (AvgIpc) is 2.09. The van der Waals surface area contributed by atoms with E-state index in [1.54, 1.807) is 0 Å². The molecule has 0 aromatic rings. The third kappa shape index (κ3) is 2.08. The van der Waals surface area contributed by atoms with Crippen LogP contribution in [0.2, 0.25) is 0 Å². The van der Waals surface area contributed by atoms with Gasteiger partial charge in [-0.3, -0.25) is 0 Å². The van der Waals surface area contributed by atoms with Crippen molar-refractivity contribution in [3.63, 3.8) is 0 Å². The Kier molecular flexibility index (Phi) is 3.16. The molecule has 0 aromatic heterocycles. The highest BCUT2D eigenvalue weighted by molar-refractivity contribution is 5.01. The first-order valence-corrected chi connectivity index (χ1v) is 4.44. The molecule has 1 nitrogen and oxygen atoms in total. The zero-order valence-corrected chi connectivity index (χ0v) is 7.09. The Morgan fingerprint density at radius 1 is 1.73 bits per heavy atom. The summed E-state index contributed by atoms with van der Waals surface area (Å²) < 4.78 is 0. The SMILES string of the molecule is CC[C@@H](C#N)[C@H]1C=CCCC1. The summed E-state index contributed by atoms with van der Waals surface area (Å²) in [6.45, 7) is 2.09. The van der Waals surface area contributed by atoms with Crippen molar-refractivity contribution < 1.29 is 0 Å². The summed E-state index contributed by atoms with van der Waals surface area (Å²) in [5.41, 5.74) is 0. The number of nitrogens with zero attached hydrogens (tertiary/aromatic N) is 1. The van der Waals surface area contributed by atoms with Gasteiger partial charge < -0.3 is 0 Å². The molecule has 2 atom stereocenters. The predicted octanol–water partition coefficient (Wildman–Crippen LogP) is 2.89. The fourth-order valence-corrected chi connectivity index (χ4v) is 1.66. The van der Waals surface area contributed by atoms with E-state index < -0.39 is 0 Å².